The van der Waals surface area contributed by atoms with Crippen molar-refractivity contribution >= 4 is 0 Å². The van der Waals surface area contributed by atoms with Gasteiger partial charge < -0.3 is 35.7 Å². The monoisotopic (exact) mass is 318 g/mol. The van der Waals surface area contributed by atoms with E-state index in [-0.39, 0.29) is 18.0 Å². The summed E-state index contributed by atoms with van der Waals surface area (Å²) in [5.41, 5.74) is -0.0402. The van der Waals surface area contributed by atoms with Gasteiger partial charge in [-0.15, -0.1) is 0 Å². The van der Waals surface area contributed by atoms with E-state index in [9.17, 15) is 25.5 Å². The third kappa shape index (κ3) is 4.40. The van der Waals surface area contributed by atoms with Crippen molar-refractivity contribution in [3.63, 3.8) is 0 Å². The van der Waals surface area contributed by atoms with Crippen LogP contribution in [0.3, 0.4) is 0 Å². The Bertz CT molecular complexity index is 404. The molecule has 0 aliphatic heterocycles. The SMILES string of the molecule is C[C@@H](CO)[C@H](O)[C@@H](O)c1cnc([C@H](O)[C@@H](O)[C@@H](O)CO)cn1. The van der Waals surface area contributed by atoms with Crippen molar-refractivity contribution in [3.8, 4) is 0 Å². The molecule has 0 aliphatic carbocycles. The summed E-state index contributed by atoms with van der Waals surface area (Å²) < 4.78 is 0. The fraction of sp³-hybridized carbons (Fsp3) is 0.692. The number of rotatable bonds is 8. The van der Waals surface area contributed by atoms with Gasteiger partial charge in [0.1, 0.15) is 24.4 Å². The van der Waals surface area contributed by atoms with Crippen LogP contribution in [0.1, 0.15) is 30.5 Å². The lowest BCUT2D eigenvalue weighted by Gasteiger charge is -2.23. The molecule has 1 heterocycles. The molecule has 0 bridgehead atoms. The van der Waals surface area contributed by atoms with E-state index in [1.807, 2.05) is 0 Å². The van der Waals surface area contributed by atoms with Gasteiger partial charge in [0, 0.05) is 12.5 Å². The third-order valence-electron chi connectivity index (χ3n) is 3.40. The van der Waals surface area contributed by atoms with E-state index in [0.717, 1.165) is 12.4 Å². The van der Waals surface area contributed by atoms with E-state index in [4.69, 9.17) is 10.2 Å². The van der Waals surface area contributed by atoms with Gasteiger partial charge in [0.15, 0.2) is 0 Å². The Labute approximate surface area is 127 Å². The molecule has 1 aromatic rings. The Morgan fingerprint density at radius 1 is 0.818 bits per heavy atom. The summed E-state index contributed by atoms with van der Waals surface area (Å²) in [6.07, 6.45) is -5.17. The molecule has 22 heavy (non-hydrogen) atoms. The van der Waals surface area contributed by atoms with Gasteiger partial charge in [0.05, 0.1) is 36.5 Å². The van der Waals surface area contributed by atoms with Crippen LogP contribution >= 0.6 is 0 Å². The zero-order valence-corrected chi connectivity index (χ0v) is 12.1. The predicted molar refractivity (Wildman–Crippen MR) is 73.3 cm³/mol. The van der Waals surface area contributed by atoms with Crippen LogP contribution in [0.25, 0.3) is 0 Å². The van der Waals surface area contributed by atoms with Gasteiger partial charge in [0.25, 0.3) is 0 Å². The van der Waals surface area contributed by atoms with Crippen molar-refractivity contribution in [2.45, 2.75) is 37.4 Å². The number of nitrogens with zero attached hydrogens (tertiary/aromatic N) is 2. The van der Waals surface area contributed by atoms with E-state index < -0.39 is 43.0 Å². The minimum absolute atomic E-state index is 0.0287. The second-order valence-electron chi connectivity index (χ2n) is 5.15. The fourth-order valence-corrected chi connectivity index (χ4v) is 1.74. The second kappa shape index (κ2) is 8.44. The lowest BCUT2D eigenvalue weighted by Crippen LogP contribution is -2.35. The van der Waals surface area contributed by atoms with E-state index in [2.05, 4.69) is 9.97 Å². The number of aliphatic hydroxyl groups excluding tert-OH is 7. The maximum Gasteiger partial charge on any atom is 0.126 e. The molecule has 0 aromatic carbocycles. The van der Waals surface area contributed by atoms with Crippen molar-refractivity contribution in [1.29, 1.82) is 0 Å². The van der Waals surface area contributed by atoms with Crippen molar-refractivity contribution in [1.82, 2.24) is 9.97 Å². The summed E-state index contributed by atoms with van der Waals surface area (Å²) >= 11 is 0. The van der Waals surface area contributed by atoms with Crippen molar-refractivity contribution in [2.24, 2.45) is 5.92 Å². The highest BCUT2D eigenvalue weighted by Gasteiger charge is 2.28. The molecule has 9 heteroatoms. The molecular weight excluding hydrogens is 296 g/mol. The lowest BCUT2D eigenvalue weighted by atomic mass is 9.99. The van der Waals surface area contributed by atoms with Crippen LogP contribution in [0, 0.1) is 5.92 Å². The van der Waals surface area contributed by atoms with Crippen LogP contribution in [0.5, 0.6) is 0 Å². The summed E-state index contributed by atoms with van der Waals surface area (Å²) in [6, 6.07) is 0. The highest BCUT2D eigenvalue weighted by atomic mass is 16.4. The van der Waals surface area contributed by atoms with Gasteiger partial charge in [-0.3, -0.25) is 9.97 Å². The summed E-state index contributed by atoms with van der Waals surface area (Å²) in [6.45, 7) is 0.507. The smallest absolute Gasteiger partial charge is 0.126 e. The zero-order valence-electron chi connectivity index (χ0n) is 12.1. The molecule has 0 unspecified atom stereocenters. The number of aromatic nitrogens is 2. The average Bonchev–Trinajstić information content (AvgIpc) is 2.57. The Kier molecular flexibility index (Phi) is 7.23. The largest absolute Gasteiger partial charge is 0.396 e. The second-order valence-corrected chi connectivity index (χ2v) is 5.15. The number of aliphatic hydroxyl groups is 7. The summed E-state index contributed by atoms with van der Waals surface area (Å²) in [5.74, 6) is -0.566. The molecule has 1 aromatic heterocycles. The molecule has 9 nitrogen and oxygen atoms in total. The Morgan fingerprint density at radius 3 is 1.64 bits per heavy atom. The van der Waals surface area contributed by atoms with E-state index in [0.29, 0.717) is 0 Å². The molecule has 0 aliphatic rings. The molecule has 1 rings (SSSR count). The van der Waals surface area contributed by atoms with E-state index in [1.165, 1.54) is 0 Å². The highest BCUT2D eigenvalue weighted by molar-refractivity contribution is 5.10. The predicted octanol–water partition coefficient (Wildman–Crippen LogP) is -2.75. The molecule has 0 spiro atoms. The third-order valence-corrected chi connectivity index (χ3v) is 3.40. The summed E-state index contributed by atoms with van der Waals surface area (Å²) in [7, 11) is 0. The van der Waals surface area contributed by atoms with Crippen LogP contribution in [0.2, 0.25) is 0 Å². The topological polar surface area (TPSA) is 167 Å². The van der Waals surface area contributed by atoms with Gasteiger partial charge in [-0.1, -0.05) is 6.92 Å². The first-order valence-corrected chi connectivity index (χ1v) is 6.77. The average molecular weight is 318 g/mol. The minimum Gasteiger partial charge on any atom is -0.396 e. The first-order chi connectivity index (χ1) is 10.3. The van der Waals surface area contributed by atoms with Gasteiger partial charge >= 0.3 is 0 Å². The quantitative estimate of drug-likeness (QED) is 0.269. The Morgan fingerprint density at radius 2 is 1.27 bits per heavy atom. The van der Waals surface area contributed by atoms with E-state index >= 15 is 0 Å². The minimum atomic E-state index is -1.64. The van der Waals surface area contributed by atoms with Crippen LogP contribution in [-0.4, -0.2) is 77.2 Å². The van der Waals surface area contributed by atoms with Crippen molar-refractivity contribution < 1.29 is 35.7 Å². The van der Waals surface area contributed by atoms with Crippen LogP contribution < -0.4 is 0 Å². The summed E-state index contributed by atoms with van der Waals surface area (Å²) in [5, 5.41) is 66.0. The molecule has 0 fully saturated rings. The molecule has 7 N–H and O–H groups in total. The normalized spacial score (nSPS) is 20.0. The molecule has 0 amide bonds. The highest BCUT2D eigenvalue weighted by Crippen LogP contribution is 2.21. The number of hydrogen-bond acceptors (Lipinski definition) is 9. The number of hydrogen-bond donors (Lipinski definition) is 7. The van der Waals surface area contributed by atoms with Gasteiger partial charge in [-0.25, -0.2) is 0 Å². The van der Waals surface area contributed by atoms with Crippen molar-refractivity contribution in [3.05, 3.63) is 23.8 Å². The first kappa shape index (κ1) is 18.8. The molecule has 0 saturated heterocycles. The molecule has 0 radical (unpaired) electrons. The standard InChI is InChI=1S/C13H22N2O7/c1-6(4-16)10(19)11(20)7-2-15-8(3-14-7)12(21)13(22)9(18)5-17/h2-3,6,9-13,16-22H,4-5H2,1H3/t6-,9-,10-,11-,12-,13-/m0/s1. The first-order valence-electron chi connectivity index (χ1n) is 6.77. The molecular formula is C13H22N2O7. The maximum absolute atomic E-state index is 9.91. The molecule has 0 saturated carbocycles. The van der Waals surface area contributed by atoms with Gasteiger partial charge in [-0.05, 0) is 0 Å². The van der Waals surface area contributed by atoms with Crippen LogP contribution in [0.4, 0.5) is 0 Å². The Balaban J connectivity index is 2.82. The summed E-state index contributed by atoms with van der Waals surface area (Å²) in [4.78, 5) is 7.64. The molecule has 126 valence electrons. The van der Waals surface area contributed by atoms with Gasteiger partial charge in [-0.2, -0.15) is 0 Å². The zero-order chi connectivity index (χ0) is 16.9. The molecule has 6 atom stereocenters. The van der Waals surface area contributed by atoms with Crippen LogP contribution in [0.15, 0.2) is 12.4 Å². The van der Waals surface area contributed by atoms with E-state index in [1.54, 1.807) is 6.92 Å². The maximum atomic E-state index is 9.91. The van der Waals surface area contributed by atoms with Crippen molar-refractivity contribution in [2.75, 3.05) is 13.2 Å². The van der Waals surface area contributed by atoms with Crippen LogP contribution in [-0.2, 0) is 0 Å². The fourth-order valence-electron chi connectivity index (χ4n) is 1.74. The Hall–Kier alpha value is -1.20. The lowest BCUT2D eigenvalue weighted by molar-refractivity contribution is -0.0791. The van der Waals surface area contributed by atoms with Gasteiger partial charge in [0.2, 0.25) is 0 Å².